The van der Waals surface area contributed by atoms with Crippen molar-refractivity contribution in [2.45, 2.75) is 25.4 Å². The zero-order chi connectivity index (χ0) is 11.1. The van der Waals surface area contributed by atoms with E-state index in [-0.39, 0.29) is 18.4 Å². The van der Waals surface area contributed by atoms with Crippen LogP contribution in [0.15, 0.2) is 0 Å². The highest BCUT2D eigenvalue weighted by Crippen LogP contribution is 1.90. The van der Waals surface area contributed by atoms with Gasteiger partial charge in [0.1, 0.15) is 0 Å². The number of nitrogens with two attached hydrogens (primary N) is 1. The van der Waals surface area contributed by atoms with Crippen LogP contribution in [-0.4, -0.2) is 43.5 Å². The van der Waals surface area contributed by atoms with Gasteiger partial charge in [0.05, 0.1) is 6.04 Å². The molecule has 2 atom stereocenters. The number of likely N-dealkylation sites (N-methyl/N-ethyl adjacent to an activating group) is 1. The molecule has 0 aromatic rings. The number of hydrogen-bond acceptors (Lipinski definition) is 3. The minimum absolute atomic E-state index is 0.0846. The molecular weight excluding hydrogens is 178 g/mol. The number of hydrogen-bond donors (Lipinski definition) is 2. The summed E-state index contributed by atoms with van der Waals surface area (Å²) in [5.74, 6) is 2.18. The number of amides is 1. The summed E-state index contributed by atoms with van der Waals surface area (Å²) in [6.45, 7) is 2.72. The van der Waals surface area contributed by atoms with Gasteiger partial charge in [0.2, 0.25) is 5.91 Å². The average Bonchev–Trinajstić information content (AvgIpc) is 2.02. The van der Waals surface area contributed by atoms with Gasteiger partial charge in [-0.05, 0) is 21.0 Å². The van der Waals surface area contributed by atoms with Crippen molar-refractivity contribution in [1.82, 2.24) is 10.2 Å². The van der Waals surface area contributed by atoms with Crippen LogP contribution in [-0.2, 0) is 4.79 Å². The van der Waals surface area contributed by atoms with Crippen molar-refractivity contribution >= 4 is 5.91 Å². The first-order chi connectivity index (χ1) is 6.47. The molecule has 0 rings (SSSR count). The van der Waals surface area contributed by atoms with E-state index in [1.807, 2.05) is 25.9 Å². The van der Waals surface area contributed by atoms with Crippen molar-refractivity contribution in [3.05, 3.63) is 0 Å². The lowest BCUT2D eigenvalue weighted by Gasteiger charge is -2.19. The number of nitrogens with one attached hydrogen (secondary N) is 1. The van der Waals surface area contributed by atoms with E-state index < -0.39 is 6.04 Å². The molecule has 0 saturated heterocycles. The molecule has 1 amide bonds. The number of carbonyl (C=O) groups is 1. The molecule has 0 aromatic heterocycles. The Labute approximate surface area is 85.8 Å². The van der Waals surface area contributed by atoms with Crippen LogP contribution < -0.4 is 11.1 Å². The smallest absolute Gasteiger partial charge is 0.238 e. The lowest BCUT2D eigenvalue weighted by Crippen LogP contribution is -2.47. The van der Waals surface area contributed by atoms with E-state index in [0.717, 1.165) is 6.54 Å². The van der Waals surface area contributed by atoms with E-state index >= 15 is 0 Å². The van der Waals surface area contributed by atoms with Crippen LogP contribution in [0, 0.1) is 12.3 Å². The Morgan fingerprint density at radius 2 is 2.21 bits per heavy atom. The summed E-state index contributed by atoms with van der Waals surface area (Å²) in [5, 5.41) is 2.79. The molecule has 0 saturated carbocycles. The lowest BCUT2D eigenvalue weighted by molar-refractivity contribution is -0.122. The molecule has 0 bridgehead atoms. The van der Waals surface area contributed by atoms with Gasteiger partial charge in [0, 0.05) is 19.0 Å². The van der Waals surface area contributed by atoms with Gasteiger partial charge in [-0.2, -0.15) is 0 Å². The van der Waals surface area contributed by atoms with Gasteiger partial charge < -0.3 is 16.0 Å². The van der Waals surface area contributed by atoms with Crippen molar-refractivity contribution in [2.24, 2.45) is 5.73 Å². The number of rotatable bonds is 5. The van der Waals surface area contributed by atoms with Gasteiger partial charge in [0.25, 0.3) is 0 Å². The maximum absolute atomic E-state index is 11.4. The molecule has 4 nitrogen and oxygen atoms in total. The summed E-state index contributed by atoms with van der Waals surface area (Å²) in [6.07, 6.45) is 5.34. The summed E-state index contributed by atoms with van der Waals surface area (Å²) < 4.78 is 0. The van der Waals surface area contributed by atoms with E-state index in [0.29, 0.717) is 0 Å². The fraction of sp³-hybridized carbons (Fsp3) is 0.700. The molecule has 0 aromatic carbocycles. The second kappa shape index (κ2) is 6.41. The number of carbonyl (C=O) groups excluding carboxylic acids is 1. The maximum Gasteiger partial charge on any atom is 0.238 e. The number of nitrogens with zero attached hydrogens (tertiary/aromatic N) is 1. The minimum Gasteiger partial charge on any atom is -0.351 e. The Balaban J connectivity index is 3.88. The van der Waals surface area contributed by atoms with Crippen molar-refractivity contribution in [3.63, 3.8) is 0 Å². The first-order valence-corrected chi connectivity index (χ1v) is 4.61. The van der Waals surface area contributed by atoms with Crippen LogP contribution in [0.3, 0.4) is 0 Å². The Hall–Kier alpha value is -1.05. The summed E-state index contributed by atoms with van der Waals surface area (Å²) in [6, 6.07) is -0.508. The van der Waals surface area contributed by atoms with Crippen molar-refractivity contribution in [2.75, 3.05) is 20.6 Å². The molecule has 0 aliphatic rings. The van der Waals surface area contributed by atoms with Crippen LogP contribution in [0.5, 0.6) is 0 Å². The van der Waals surface area contributed by atoms with Crippen molar-refractivity contribution in [1.29, 1.82) is 0 Å². The monoisotopic (exact) mass is 197 g/mol. The van der Waals surface area contributed by atoms with E-state index in [1.165, 1.54) is 0 Å². The predicted octanol–water partition coefficient (Wildman–Crippen LogP) is -0.597. The summed E-state index contributed by atoms with van der Waals surface area (Å²) in [5.41, 5.74) is 5.54. The van der Waals surface area contributed by atoms with Crippen LogP contribution in [0.25, 0.3) is 0 Å². The lowest BCUT2D eigenvalue weighted by atomic mass is 10.2. The average molecular weight is 197 g/mol. The van der Waals surface area contributed by atoms with Gasteiger partial charge in [-0.1, -0.05) is 0 Å². The van der Waals surface area contributed by atoms with Crippen molar-refractivity contribution < 1.29 is 4.79 Å². The van der Waals surface area contributed by atoms with Crippen LogP contribution in [0.1, 0.15) is 13.3 Å². The molecule has 0 aliphatic heterocycles. The zero-order valence-electron chi connectivity index (χ0n) is 9.08. The van der Waals surface area contributed by atoms with E-state index in [9.17, 15) is 4.79 Å². The standard InChI is InChI=1S/C10H19N3O/c1-5-6-9(11)10(14)12-8(2)7-13(3)4/h1,8-9H,6-7,11H2,2-4H3,(H,12,14). The van der Waals surface area contributed by atoms with Crippen molar-refractivity contribution in [3.8, 4) is 12.3 Å². The molecule has 80 valence electrons. The Morgan fingerprint density at radius 3 is 2.64 bits per heavy atom. The maximum atomic E-state index is 11.4. The molecule has 2 unspecified atom stereocenters. The van der Waals surface area contributed by atoms with E-state index in [4.69, 9.17) is 12.2 Å². The van der Waals surface area contributed by atoms with E-state index in [2.05, 4.69) is 11.2 Å². The van der Waals surface area contributed by atoms with Gasteiger partial charge in [-0.25, -0.2) is 0 Å². The number of terminal acetylenes is 1. The predicted molar refractivity (Wildman–Crippen MR) is 57.6 cm³/mol. The minimum atomic E-state index is -0.593. The third kappa shape index (κ3) is 5.57. The first-order valence-electron chi connectivity index (χ1n) is 4.61. The molecule has 0 heterocycles. The molecule has 0 aliphatic carbocycles. The highest BCUT2D eigenvalue weighted by atomic mass is 16.2. The zero-order valence-corrected chi connectivity index (χ0v) is 9.08. The molecule has 0 radical (unpaired) electrons. The molecule has 14 heavy (non-hydrogen) atoms. The highest BCUT2D eigenvalue weighted by molar-refractivity contribution is 5.82. The highest BCUT2D eigenvalue weighted by Gasteiger charge is 2.14. The largest absolute Gasteiger partial charge is 0.351 e. The fourth-order valence-electron chi connectivity index (χ4n) is 1.16. The molecule has 0 spiro atoms. The fourth-order valence-corrected chi connectivity index (χ4v) is 1.16. The topological polar surface area (TPSA) is 58.4 Å². The Morgan fingerprint density at radius 1 is 1.64 bits per heavy atom. The quantitative estimate of drug-likeness (QED) is 0.579. The normalized spacial score (nSPS) is 14.6. The summed E-state index contributed by atoms with van der Waals surface area (Å²) >= 11 is 0. The van der Waals surface area contributed by atoms with Crippen LogP contribution in [0.2, 0.25) is 0 Å². The van der Waals surface area contributed by atoms with Crippen LogP contribution in [0.4, 0.5) is 0 Å². The van der Waals surface area contributed by atoms with Gasteiger partial charge in [0.15, 0.2) is 0 Å². The Kier molecular flexibility index (Phi) is 5.93. The molecular formula is C10H19N3O. The molecule has 4 heteroatoms. The first kappa shape index (κ1) is 12.9. The summed E-state index contributed by atoms with van der Waals surface area (Å²) in [7, 11) is 3.90. The second-order valence-corrected chi connectivity index (χ2v) is 3.69. The van der Waals surface area contributed by atoms with Gasteiger partial charge in [-0.3, -0.25) is 4.79 Å². The molecule has 3 N–H and O–H groups in total. The van der Waals surface area contributed by atoms with E-state index in [1.54, 1.807) is 0 Å². The van der Waals surface area contributed by atoms with Gasteiger partial charge >= 0.3 is 0 Å². The second-order valence-electron chi connectivity index (χ2n) is 3.69. The van der Waals surface area contributed by atoms with Crippen LogP contribution >= 0.6 is 0 Å². The third-order valence-electron chi connectivity index (χ3n) is 1.70. The third-order valence-corrected chi connectivity index (χ3v) is 1.70. The van der Waals surface area contributed by atoms with Gasteiger partial charge in [-0.15, -0.1) is 12.3 Å². The summed E-state index contributed by atoms with van der Waals surface area (Å²) in [4.78, 5) is 13.4. The molecule has 0 fully saturated rings. The SMILES string of the molecule is C#CCC(N)C(=O)NC(C)CN(C)C. The Bertz CT molecular complexity index is 220.